The second-order valence-electron chi connectivity index (χ2n) is 5.81. The van der Waals surface area contributed by atoms with Crippen molar-refractivity contribution in [2.45, 2.75) is 37.5 Å². The minimum atomic E-state index is -3.36. The van der Waals surface area contributed by atoms with Crippen molar-refractivity contribution >= 4 is 10.0 Å². The van der Waals surface area contributed by atoms with Crippen molar-refractivity contribution in [2.75, 3.05) is 19.6 Å². The quantitative estimate of drug-likeness (QED) is 0.926. The maximum atomic E-state index is 12.7. The smallest absolute Gasteiger partial charge is 0.243 e. The lowest BCUT2D eigenvalue weighted by Gasteiger charge is -2.30. The van der Waals surface area contributed by atoms with E-state index in [-0.39, 0.29) is 0 Å². The summed E-state index contributed by atoms with van der Waals surface area (Å²) in [5.74, 6) is 0.788. The number of nitrogens with two attached hydrogens (primary N) is 1. The number of sulfonamides is 1. The highest BCUT2D eigenvalue weighted by atomic mass is 32.2. The molecule has 1 aliphatic rings. The van der Waals surface area contributed by atoms with E-state index in [1.165, 1.54) is 0 Å². The maximum Gasteiger partial charge on any atom is 0.243 e. The van der Waals surface area contributed by atoms with Gasteiger partial charge in [-0.05, 0) is 48.9 Å². The molecule has 112 valence electrons. The van der Waals surface area contributed by atoms with E-state index in [9.17, 15) is 8.42 Å². The summed E-state index contributed by atoms with van der Waals surface area (Å²) in [6.45, 7) is 5.94. The van der Waals surface area contributed by atoms with Crippen LogP contribution in [0.15, 0.2) is 29.2 Å². The topological polar surface area (TPSA) is 63.4 Å². The second kappa shape index (κ2) is 6.24. The van der Waals surface area contributed by atoms with Crippen LogP contribution in [0.2, 0.25) is 0 Å². The van der Waals surface area contributed by atoms with Gasteiger partial charge < -0.3 is 5.73 Å². The highest BCUT2D eigenvalue weighted by Gasteiger charge is 2.29. The molecule has 20 heavy (non-hydrogen) atoms. The fourth-order valence-corrected chi connectivity index (χ4v) is 4.09. The SMILES string of the molecule is CC(C)c1cccc(S(=O)(=O)N2CCC(CN)CC2)c1. The lowest BCUT2D eigenvalue weighted by atomic mass is 9.99. The van der Waals surface area contributed by atoms with E-state index in [0.29, 0.717) is 36.4 Å². The molecule has 2 N–H and O–H groups in total. The Morgan fingerprint density at radius 2 is 1.95 bits per heavy atom. The summed E-state index contributed by atoms with van der Waals surface area (Å²) in [7, 11) is -3.36. The normalized spacial score (nSPS) is 18.6. The molecule has 4 nitrogen and oxygen atoms in total. The molecular formula is C15H24N2O2S. The highest BCUT2D eigenvalue weighted by molar-refractivity contribution is 7.89. The van der Waals surface area contributed by atoms with Crippen LogP contribution in [0.25, 0.3) is 0 Å². The monoisotopic (exact) mass is 296 g/mol. The van der Waals surface area contributed by atoms with E-state index in [0.717, 1.165) is 18.4 Å². The highest BCUT2D eigenvalue weighted by Crippen LogP contribution is 2.25. The third kappa shape index (κ3) is 3.22. The van der Waals surface area contributed by atoms with Crippen molar-refractivity contribution in [1.82, 2.24) is 4.31 Å². The zero-order valence-electron chi connectivity index (χ0n) is 12.2. The van der Waals surface area contributed by atoms with Gasteiger partial charge in [-0.3, -0.25) is 0 Å². The van der Waals surface area contributed by atoms with Crippen molar-refractivity contribution in [2.24, 2.45) is 11.7 Å². The molecular weight excluding hydrogens is 272 g/mol. The van der Waals surface area contributed by atoms with Crippen LogP contribution >= 0.6 is 0 Å². The molecule has 0 aliphatic carbocycles. The van der Waals surface area contributed by atoms with Gasteiger partial charge >= 0.3 is 0 Å². The lowest BCUT2D eigenvalue weighted by Crippen LogP contribution is -2.40. The molecule has 2 rings (SSSR count). The molecule has 0 bridgehead atoms. The molecule has 0 saturated carbocycles. The van der Waals surface area contributed by atoms with Crippen LogP contribution in [0.1, 0.15) is 38.2 Å². The van der Waals surface area contributed by atoms with E-state index in [2.05, 4.69) is 13.8 Å². The molecule has 0 spiro atoms. The van der Waals surface area contributed by atoms with Crippen molar-refractivity contribution in [3.8, 4) is 0 Å². The second-order valence-corrected chi connectivity index (χ2v) is 7.75. The van der Waals surface area contributed by atoms with Crippen LogP contribution in [0.3, 0.4) is 0 Å². The molecule has 0 amide bonds. The molecule has 0 aromatic heterocycles. The van der Waals surface area contributed by atoms with Gasteiger partial charge in [0.15, 0.2) is 0 Å². The fraction of sp³-hybridized carbons (Fsp3) is 0.600. The molecule has 1 saturated heterocycles. The molecule has 1 aromatic carbocycles. The van der Waals surface area contributed by atoms with Crippen molar-refractivity contribution < 1.29 is 8.42 Å². The Hall–Kier alpha value is -0.910. The molecule has 0 atom stereocenters. The molecule has 1 fully saturated rings. The number of piperidine rings is 1. The van der Waals surface area contributed by atoms with Gasteiger partial charge in [0, 0.05) is 13.1 Å². The molecule has 5 heteroatoms. The lowest BCUT2D eigenvalue weighted by molar-refractivity contribution is 0.278. The Bertz CT molecular complexity index is 547. The first-order chi connectivity index (χ1) is 9.45. The van der Waals surface area contributed by atoms with Crippen LogP contribution in [-0.2, 0) is 10.0 Å². The average Bonchev–Trinajstić information content (AvgIpc) is 2.47. The number of nitrogens with zero attached hydrogens (tertiary/aromatic N) is 1. The summed E-state index contributed by atoms with van der Waals surface area (Å²) >= 11 is 0. The Morgan fingerprint density at radius 3 is 2.50 bits per heavy atom. The number of hydrogen-bond acceptors (Lipinski definition) is 3. The maximum absolute atomic E-state index is 12.7. The molecule has 0 unspecified atom stereocenters. The van der Waals surface area contributed by atoms with Gasteiger partial charge in [0.1, 0.15) is 0 Å². The third-order valence-electron chi connectivity index (χ3n) is 4.07. The Labute approximate surface area is 122 Å². The van der Waals surface area contributed by atoms with Gasteiger partial charge in [0.2, 0.25) is 10.0 Å². The first-order valence-corrected chi connectivity index (χ1v) is 8.69. The van der Waals surface area contributed by atoms with Crippen molar-refractivity contribution in [3.63, 3.8) is 0 Å². The summed E-state index contributed by atoms with van der Waals surface area (Å²) < 4.78 is 26.9. The van der Waals surface area contributed by atoms with Crippen LogP contribution < -0.4 is 5.73 Å². The predicted octanol–water partition coefficient (Wildman–Crippen LogP) is 2.17. The van der Waals surface area contributed by atoms with Crippen LogP contribution in [0.4, 0.5) is 0 Å². The Morgan fingerprint density at radius 1 is 1.30 bits per heavy atom. The summed E-state index contributed by atoms with van der Waals surface area (Å²) in [5, 5.41) is 0. The fourth-order valence-electron chi connectivity index (χ4n) is 2.57. The summed E-state index contributed by atoms with van der Waals surface area (Å²) in [4.78, 5) is 0.412. The van der Waals surface area contributed by atoms with E-state index in [1.807, 2.05) is 12.1 Å². The zero-order valence-corrected chi connectivity index (χ0v) is 13.1. The van der Waals surface area contributed by atoms with Crippen LogP contribution in [-0.4, -0.2) is 32.4 Å². The number of benzene rings is 1. The third-order valence-corrected chi connectivity index (χ3v) is 5.96. The van der Waals surface area contributed by atoms with Gasteiger partial charge in [-0.2, -0.15) is 4.31 Å². The van der Waals surface area contributed by atoms with E-state index in [4.69, 9.17) is 5.73 Å². The first kappa shape index (κ1) is 15.5. The minimum absolute atomic E-state index is 0.327. The first-order valence-electron chi connectivity index (χ1n) is 7.25. The van der Waals surface area contributed by atoms with Gasteiger partial charge in [0.05, 0.1) is 4.90 Å². The average molecular weight is 296 g/mol. The standard InChI is InChI=1S/C15H24N2O2S/c1-12(2)14-4-3-5-15(10-14)20(18,19)17-8-6-13(11-16)7-9-17/h3-5,10,12-13H,6-9,11,16H2,1-2H3. The molecule has 1 heterocycles. The number of rotatable bonds is 4. The largest absolute Gasteiger partial charge is 0.330 e. The van der Waals surface area contributed by atoms with Gasteiger partial charge in [-0.15, -0.1) is 0 Å². The van der Waals surface area contributed by atoms with Crippen molar-refractivity contribution in [1.29, 1.82) is 0 Å². The van der Waals surface area contributed by atoms with E-state index >= 15 is 0 Å². The van der Waals surface area contributed by atoms with Crippen LogP contribution in [0, 0.1) is 5.92 Å². The number of hydrogen-bond donors (Lipinski definition) is 1. The van der Waals surface area contributed by atoms with Crippen LogP contribution in [0.5, 0.6) is 0 Å². The molecule has 0 radical (unpaired) electrons. The summed E-state index contributed by atoms with van der Waals surface area (Å²) in [6.07, 6.45) is 1.72. The van der Waals surface area contributed by atoms with Gasteiger partial charge in [-0.1, -0.05) is 26.0 Å². The van der Waals surface area contributed by atoms with E-state index < -0.39 is 10.0 Å². The van der Waals surface area contributed by atoms with Gasteiger partial charge in [0.25, 0.3) is 0 Å². The van der Waals surface area contributed by atoms with E-state index in [1.54, 1.807) is 16.4 Å². The minimum Gasteiger partial charge on any atom is -0.330 e. The summed E-state index contributed by atoms with van der Waals surface area (Å²) in [5.41, 5.74) is 6.71. The molecule has 1 aliphatic heterocycles. The molecule has 1 aromatic rings. The predicted molar refractivity (Wildman–Crippen MR) is 81.1 cm³/mol. The summed E-state index contributed by atoms with van der Waals surface area (Å²) in [6, 6.07) is 7.30. The van der Waals surface area contributed by atoms with Gasteiger partial charge in [-0.25, -0.2) is 8.42 Å². The Balaban J connectivity index is 2.20. The van der Waals surface area contributed by atoms with Crippen molar-refractivity contribution in [3.05, 3.63) is 29.8 Å². The zero-order chi connectivity index (χ0) is 14.8. The Kier molecular flexibility index (Phi) is 4.83.